The number of fused-ring (bicyclic) bond motifs is 1. The normalized spacial score (nSPS) is 24.2. The highest BCUT2D eigenvalue weighted by molar-refractivity contribution is 5.83. The van der Waals surface area contributed by atoms with Gasteiger partial charge in [0.2, 0.25) is 11.7 Å². The summed E-state index contributed by atoms with van der Waals surface area (Å²) in [6.07, 6.45) is 4.62. The van der Waals surface area contributed by atoms with Gasteiger partial charge in [-0.2, -0.15) is 0 Å². The number of carbonyl (C=O) groups is 2. The topological polar surface area (TPSA) is 158 Å². The summed E-state index contributed by atoms with van der Waals surface area (Å²) in [5.41, 5.74) is 6.78. The van der Waals surface area contributed by atoms with Crippen molar-refractivity contribution in [3.8, 4) is 11.8 Å². The first-order valence-electron chi connectivity index (χ1n) is 11.9. The molecule has 3 unspecified atom stereocenters. The van der Waals surface area contributed by atoms with Crippen molar-refractivity contribution in [2.24, 2.45) is 0 Å². The van der Waals surface area contributed by atoms with Gasteiger partial charge in [-0.1, -0.05) is 18.8 Å². The lowest BCUT2D eigenvalue weighted by Gasteiger charge is -2.25. The highest BCUT2D eigenvalue weighted by Gasteiger charge is 2.41. The van der Waals surface area contributed by atoms with E-state index >= 15 is 0 Å². The first-order valence-corrected chi connectivity index (χ1v) is 11.9. The predicted molar refractivity (Wildman–Crippen MR) is 124 cm³/mol. The number of amides is 2. The first-order chi connectivity index (χ1) is 16.9. The molecule has 186 valence electrons. The van der Waals surface area contributed by atoms with Crippen molar-refractivity contribution in [3.05, 3.63) is 12.2 Å². The molecular formula is C23H29N7O5. The van der Waals surface area contributed by atoms with E-state index in [1.165, 1.54) is 13.4 Å². The summed E-state index contributed by atoms with van der Waals surface area (Å²) in [4.78, 5) is 39.2. The molecule has 12 heteroatoms. The fourth-order valence-electron chi connectivity index (χ4n) is 4.65. The van der Waals surface area contributed by atoms with E-state index in [2.05, 4.69) is 32.1 Å². The van der Waals surface area contributed by atoms with Crippen LogP contribution in [-0.4, -0.2) is 79.5 Å². The molecule has 0 bridgehead atoms. The van der Waals surface area contributed by atoms with Crippen LogP contribution in [-0.2, 0) is 14.3 Å². The minimum atomic E-state index is -0.923. The highest BCUT2D eigenvalue weighted by atomic mass is 16.5. The first kappa shape index (κ1) is 23.3. The van der Waals surface area contributed by atoms with Crippen LogP contribution in [0.2, 0.25) is 0 Å². The summed E-state index contributed by atoms with van der Waals surface area (Å²) in [6.45, 7) is 0.181. The maximum atomic E-state index is 12.4. The van der Waals surface area contributed by atoms with Crippen LogP contribution in [0.3, 0.4) is 0 Å². The van der Waals surface area contributed by atoms with E-state index in [9.17, 15) is 14.7 Å². The molecule has 4 N–H and O–H groups in total. The molecule has 3 heterocycles. The van der Waals surface area contributed by atoms with Crippen molar-refractivity contribution in [1.82, 2.24) is 29.7 Å². The van der Waals surface area contributed by atoms with Gasteiger partial charge in [-0.05, 0) is 31.6 Å². The number of aromatic nitrogens is 4. The fourth-order valence-corrected chi connectivity index (χ4v) is 4.65. The number of nitrogens with zero attached hydrogens (tertiary/aromatic N) is 5. The Kier molecular flexibility index (Phi) is 6.44. The molecule has 2 aromatic heterocycles. The Morgan fingerprint density at radius 1 is 1.31 bits per heavy atom. The predicted octanol–water partition coefficient (Wildman–Crippen LogP) is 0.698. The smallest absolute Gasteiger partial charge is 0.410 e. The summed E-state index contributed by atoms with van der Waals surface area (Å²) in [6, 6.07) is 0.312. The summed E-state index contributed by atoms with van der Waals surface area (Å²) in [5, 5.41) is 13.5. The number of hydrogen-bond acceptors (Lipinski definition) is 9. The Morgan fingerprint density at radius 2 is 2.09 bits per heavy atom. The second-order valence-corrected chi connectivity index (χ2v) is 9.20. The Labute approximate surface area is 202 Å². The fraction of sp³-hybridized carbons (Fsp3) is 0.609. The minimum absolute atomic E-state index is 0.109. The van der Waals surface area contributed by atoms with E-state index in [0.717, 1.165) is 38.5 Å². The van der Waals surface area contributed by atoms with E-state index in [1.54, 1.807) is 9.47 Å². The van der Waals surface area contributed by atoms with Gasteiger partial charge in [-0.15, -0.1) is 0 Å². The Bertz CT molecular complexity index is 1180. The van der Waals surface area contributed by atoms with Crippen LogP contribution in [0.15, 0.2) is 6.33 Å². The number of nitrogens with one attached hydrogen (secondary N) is 1. The number of hydrogen-bond donors (Lipinski definition) is 3. The van der Waals surface area contributed by atoms with Gasteiger partial charge < -0.3 is 25.6 Å². The average Bonchev–Trinajstić information content (AvgIpc) is 3.21. The van der Waals surface area contributed by atoms with Gasteiger partial charge in [-0.25, -0.2) is 19.7 Å². The third-order valence-electron chi connectivity index (χ3n) is 6.65. The van der Waals surface area contributed by atoms with Crippen LogP contribution >= 0.6 is 0 Å². The lowest BCUT2D eigenvalue weighted by Crippen LogP contribution is -2.39. The van der Waals surface area contributed by atoms with Gasteiger partial charge in [-0.3, -0.25) is 14.3 Å². The number of methoxy groups -OCH3 is 1. The van der Waals surface area contributed by atoms with Crippen LogP contribution < -0.4 is 11.1 Å². The standard InChI is InChI=1S/C23H29N7O5/c1-34-23(33)29(14-5-2-3-6-14)10-4-7-17-27-19(24)18-20(28-17)30(12-25-18)22-15(31)11-16(35-22)21(32)26-13-8-9-13/h12-16,22,31H,2-3,5-6,8-11H2,1H3,(H,26,32)(H2,24,27,28). The van der Waals surface area contributed by atoms with E-state index in [4.69, 9.17) is 15.2 Å². The number of aliphatic hydroxyl groups excluding tert-OH is 1. The highest BCUT2D eigenvalue weighted by Crippen LogP contribution is 2.32. The Balaban J connectivity index is 1.35. The van der Waals surface area contributed by atoms with Gasteiger partial charge in [0, 0.05) is 18.5 Å². The third-order valence-corrected chi connectivity index (χ3v) is 6.65. The molecule has 3 atom stereocenters. The molecule has 35 heavy (non-hydrogen) atoms. The second kappa shape index (κ2) is 9.67. The zero-order chi connectivity index (χ0) is 24.5. The van der Waals surface area contributed by atoms with Crippen molar-refractivity contribution in [2.75, 3.05) is 19.4 Å². The number of anilines is 1. The number of carbonyl (C=O) groups excluding carboxylic acids is 2. The molecule has 0 spiro atoms. The molecule has 2 aromatic rings. The molecule has 12 nitrogen and oxygen atoms in total. The number of rotatable bonds is 5. The molecule has 0 aromatic carbocycles. The largest absolute Gasteiger partial charge is 0.453 e. The van der Waals surface area contributed by atoms with Gasteiger partial charge in [0.1, 0.15) is 17.7 Å². The van der Waals surface area contributed by atoms with Gasteiger partial charge in [0.15, 0.2) is 17.7 Å². The summed E-state index contributed by atoms with van der Waals surface area (Å²) in [5.74, 6) is 5.89. The molecule has 3 fully saturated rings. The van der Waals surface area contributed by atoms with Crippen molar-refractivity contribution >= 4 is 29.0 Å². The molecular weight excluding hydrogens is 454 g/mol. The quantitative estimate of drug-likeness (QED) is 0.521. The van der Waals surface area contributed by atoms with Crippen LogP contribution in [0, 0.1) is 11.8 Å². The number of aliphatic hydroxyl groups is 1. The van der Waals surface area contributed by atoms with Crippen LogP contribution in [0.4, 0.5) is 10.6 Å². The van der Waals surface area contributed by atoms with Crippen molar-refractivity contribution in [1.29, 1.82) is 0 Å². The van der Waals surface area contributed by atoms with Gasteiger partial charge >= 0.3 is 6.09 Å². The van der Waals surface area contributed by atoms with Crippen LogP contribution in [0.5, 0.6) is 0 Å². The summed E-state index contributed by atoms with van der Waals surface area (Å²) < 4.78 is 12.3. The van der Waals surface area contributed by atoms with Crippen LogP contribution in [0.1, 0.15) is 57.0 Å². The maximum Gasteiger partial charge on any atom is 0.410 e. The second-order valence-electron chi connectivity index (χ2n) is 9.20. The molecule has 2 amide bonds. The molecule has 5 rings (SSSR count). The van der Waals surface area contributed by atoms with E-state index < -0.39 is 24.5 Å². The molecule has 1 saturated heterocycles. The molecule has 0 radical (unpaired) electrons. The monoisotopic (exact) mass is 483 g/mol. The number of imidazole rings is 1. The Hall–Kier alpha value is -3.43. The number of nitrogen functional groups attached to an aromatic ring is 1. The van der Waals surface area contributed by atoms with Crippen molar-refractivity contribution < 1.29 is 24.2 Å². The SMILES string of the molecule is COC(=O)N(CC#Cc1nc(N)c2ncn(C3OC(C(=O)NC4CC4)CC3O)c2n1)C1CCCC1. The summed E-state index contributed by atoms with van der Waals surface area (Å²) in [7, 11) is 1.36. The molecule has 1 aliphatic heterocycles. The summed E-state index contributed by atoms with van der Waals surface area (Å²) >= 11 is 0. The Morgan fingerprint density at radius 3 is 2.80 bits per heavy atom. The molecule has 2 aliphatic carbocycles. The van der Waals surface area contributed by atoms with Crippen molar-refractivity contribution in [3.63, 3.8) is 0 Å². The minimum Gasteiger partial charge on any atom is -0.453 e. The van der Waals surface area contributed by atoms with E-state index in [1.807, 2.05) is 0 Å². The van der Waals surface area contributed by atoms with Crippen molar-refractivity contribution in [2.45, 2.75) is 75.5 Å². The number of nitrogens with two attached hydrogens (primary N) is 1. The van der Waals surface area contributed by atoms with E-state index in [0.29, 0.717) is 11.2 Å². The zero-order valence-electron chi connectivity index (χ0n) is 19.5. The number of ether oxygens (including phenoxy) is 2. The van der Waals surface area contributed by atoms with Gasteiger partial charge in [0.05, 0.1) is 20.0 Å². The van der Waals surface area contributed by atoms with Crippen LogP contribution in [0.25, 0.3) is 11.2 Å². The maximum absolute atomic E-state index is 12.4. The third kappa shape index (κ3) is 4.87. The molecule has 2 saturated carbocycles. The zero-order valence-corrected chi connectivity index (χ0v) is 19.5. The lowest BCUT2D eigenvalue weighted by atomic mass is 10.2. The van der Waals surface area contributed by atoms with E-state index in [-0.39, 0.29) is 42.6 Å². The molecule has 3 aliphatic rings. The lowest BCUT2D eigenvalue weighted by molar-refractivity contribution is -0.134. The average molecular weight is 484 g/mol. The van der Waals surface area contributed by atoms with Gasteiger partial charge in [0.25, 0.3) is 0 Å².